The third kappa shape index (κ3) is 3.09. The van der Waals surface area contributed by atoms with Gasteiger partial charge in [0.1, 0.15) is 5.69 Å². The van der Waals surface area contributed by atoms with Crippen molar-refractivity contribution in [2.24, 2.45) is 0 Å². The first-order valence-electron chi connectivity index (χ1n) is 6.81. The number of aromatic nitrogens is 4. The standard InChI is InChI=1S/C16H14N4O2S/c1-22-16-4-3-12(9-18-16)20-15(7-11(10-21)19-20)14-8-13(23-2)5-6-17-14/h3-10H,1-2H3. The molecule has 0 aliphatic heterocycles. The van der Waals surface area contributed by atoms with E-state index in [4.69, 9.17) is 4.74 Å². The van der Waals surface area contributed by atoms with Gasteiger partial charge < -0.3 is 4.74 Å². The smallest absolute Gasteiger partial charge is 0.213 e. The van der Waals surface area contributed by atoms with Crippen molar-refractivity contribution >= 4 is 18.0 Å². The Hall–Kier alpha value is -2.67. The monoisotopic (exact) mass is 326 g/mol. The zero-order valence-corrected chi connectivity index (χ0v) is 13.4. The molecule has 0 spiro atoms. The van der Waals surface area contributed by atoms with Crippen LogP contribution in [0.25, 0.3) is 17.1 Å². The van der Waals surface area contributed by atoms with Crippen molar-refractivity contribution in [2.45, 2.75) is 4.90 Å². The molecule has 3 heterocycles. The van der Waals surface area contributed by atoms with E-state index < -0.39 is 0 Å². The molecular formula is C16H14N4O2S. The molecule has 7 heteroatoms. The number of carbonyl (C=O) groups is 1. The quantitative estimate of drug-likeness (QED) is 0.530. The van der Waals surface area contributed by atoms with Crippen molar-refractivity contribution in [1.82, 2.24) is 19.7 Å². The molecular weight excluding hydrogens is 312 g/mol. The van der Waals surface area contributed by atoms with Crippen LogP contribution in [0.15, 0.2) is 47.6 Å². The summed E-state index contributed by atoms with van der Waals surface area (Å²) in [7, 11) is 1.56. The van der Waals surface area contributed by atoms with E-state index in [-0.39, 0.29) is 0 Å². The van der Waals surface area contributed by atoms with Gasteiger partial charge in [0, 0.05) is 17.2 Å². The van der Waals surface area contributed by atoms with Gasteiger partial charge in [-0.1, -0.05) is 0 Å². The van der Waals surface area contributed by atoms with Crippen molar-refractivity contribution < 1.29 is 9.53 Å². The topological polar surface area (TPSA) is 69.9 Å². The number of methoxy groups -OCH3 is 1. The summed E-state index contributed by atoms with van der Waals surface area (Å²) < 4.78 is 6.72. The Kier molecular flexibility index (Phi) is 4.38. The summed E-state index contributed by atoms with van der Waals surface area (Å²) in [5, 5.41) is 4.31. The maximum atomic E-state index is 11.1. The molecule has 116 valence electrons. The van der Waals surface area contributed by atoms with E-state index in [0.29, 0.717) is 11.6 Å². The van der Waals surface area contributed by atoms with E-state index in [1.165, 1.54) is 0 Å². The second-order valence-corrected chi connectivity index (χ2v) is 5.50. The number of pyridine rings is 2. The molecule has 0 saturated heterocycles. The highest BCUT2D eigenvalue weighted by molar-refractivity contribution is 7.98. The van der Waals surface area contributed by atoms with E-state index in [2.05, 4.69) is 15.1 Å². The van der Waals surface area contributed by atoms with Crippen LogP contribution in [0.5, 0.6) is 5.88 Å². The van der Waals surface area contributed by atoms with Gasteiger partial charge in [0.15, 0.2) is 6.29 Å². The van der Waals surface area contributed by atoms with Crippen molar-refractivity contribution in [3.63, 3.8) is 0 Å². The lowest BCUT2D eigenvalue weighted by molar-refractivity contribution is 0.111. The van der Waals surface area contributed by atoms with E-state index in [0.717, 1.165) is 28.3 Å². The first-order chi connectivity index (χ1) is 11.2. The number of thioether (sulfide) groups is 1. The zero-order chi connectivity index (χ0) is 16.2. The van der Waals surface area contributed by atoms with Crippen molar-refractivity contribution in [1.29, 1.82) is 0 Å². The SMILES string of the molecule is COc1ccc(-n2nc(C=O)cc2-c2cc(SC)ccn2)cn1. The Morgan fingerprint density at radius 1 is 1.22 bits per heavy atom. The fraction of sp³-hybridized carbons (Fsp3) is 0.125. The van der Waals surface area contributed by atoms with E-state index in [1.54, 1.807) is 48.1 Å². The molecule has 23 heavy (non-hydrogen) atoms. The Morgan fingerprint density at radius 2 is 2.09 bits per heavy atom. The number of nitrogens with zero attached hydrogens (tertiary/aromatic N) is 4. The first-order valence-corrected chi connectivity index (χ1v) is 8.03. The fourth-order valence-electron chi connectivity index (χ4n) is 2.13. The molecule has 0 unspecified atom stereocenters. The van der Waals surface area contributed by atoms with Gasteiger partial charge in [-0.2, -0.15) is 5.10 Å². The molecule has 0 aliphatic carbocycles. The molecule has 3 aromatic rings. The molecule has 0 N–H and O–H groups in total. The maximum absolute atomic E-state index is 11.1. The van der Waals surface area contributed by atoms with E-state index in [9.17, 15) is 4.79 Å². The summed E-state index contributed by atoms with van der Waals surface area (Å²) >= 11 is 1.63. The highest BCUT2D eigenvalue weighted by atomic mass is 32.2. The van der Waals surface area contributed by atoms with Gasteiger partial charge >= 0.3 is 0 Å². The molecule has 0 radical (unpaired) electrons. The highest BCUT2D eigenvalue weighted by Gasteiger charge is 2.13. The van der Waals surface area contributed by atoms with Crippen LogP contribution in [0.4, 0.5) is 0 Å². The second kappa shape index (κ2) is 6.62. The fourth-order valence-corrected chi connectivity index (χ4v) is 2.56. The van der Waals surface area contributed by atoms with Gasteiger partial charge in [-0.05, 0) is 30.5 Å². The average Bonchev–Trinajstić information content (AvgIpc) is 3.06. The van der Waals surface area contributed by atoms with E-state index >= 15 is 0 Å². The van der Waals surface area contributed by atoms with Crippen LogP contribution < -0.4 is 4.74 Å². The third-order valence-corrected chi connectivity index (χ3v) is 3.98. The minimum absolute atomic E-state index is 0.340. The Morgan fingerprint density at radius 3 is 2.74 bits per heavy atom. The Balaban J connectivity index is 2.12. The molecule has 6 nitrogen and oxygen atoms in total. The maximum Gasteiger partial charge on any atom is 0.213 e. The lowest BCUT2D eigenvalue weighted by atomic mass is 10.2. The summed E-state index contributed by atoms with van der Waals surface area (Å²) in [5.41, 5.74) is 2.54. The minimum Gasteiger partial charge on any atom is -0.481 e. The van der Waals surface area contributed by atoms with Crippen LogP contribution in [-0.4, -0.2) is 39.4 Å². The summed E-state index contributed by atoms with van der Waals surface area (Å²) in [6.45, 7) is 0. The molecule has 3 aromatic heterocycles. The molecule has 0 atom stereocenters. The van der Waals surface area contributed by atoms with Gasteiger partial charge in [0.05, 0.1) is 30.4 Å². The lowest BCUT2D eigenvalue weighted by Gasteiger charge is -2.08. The number of aldehydes is 1. The molecule has 0 aromatic carbocycles. The van der Waals surface area contributed by atoms with Crippen LogP contribution in [0.3, 0.4) is 0 Å². The van der Waals surface area contributed by atoms with Gasteiger partial charge in [-0.3, -0.25) is 9.78 Å². The van der Waals surface area contributed by atoms with Crippen molar-refractivity contribution in [3.8, 4) is 23.0 Å². The molecule has 0 fully saturated rings. The molecule has 0 aliphatic rings. The largest absolute Gasteiger partial charge is 0.481 e. The minimum atomic E-state index is 0.340. The number of hydrogen-bond donors (Lipinski definition) is 0. The predicted octanol–water partition coefficient (Wildman–Crippen LogP) is 2.87. The van der Waals surface area contributed by atoms with Gasteiger partial charge in [0.25, 0.3) is 0 Å². The third-order valence-electron chi connectivity index (χ3n) is 3.25. The molecule has 0 saturated carbocycles. The van der Waals surface area contributed by atoms with Crippen LogP contribution in [0.2, 0.25) is 0 Å². The van der Waals surface area contributed by atoms with Gasteiger partial charge in [0.2, 0.25) is 5.88 Å². The summed E-state index contributed by atoms with van der Waals surface area (Å²) in [6.07, 6.45) is 6.10. The van der Waals surface area contributed by atoms with Crippen LogP contribution in [-0.2, 0) is 0 Å². The van der Waals surface area contributed by atoms with Crippen molar-refractivity contribution in [3.05, 3.63) is 48.4 Å². The summed E-state index contributed by atoms with van der Waals surface area (Å²) in [6, 6.07) is 9.18. The summed E-state index contributed by atoms with van der Waals surface area (Å²) in [5.74, 6) is 0.514. The van der Waals surface area contributed by atoms with Crippen molar-refractivity contribution in [2.75, 3.05) is 13.4 Å². The number of rotatable bonds is 5. The van der Waals surface area contributed by atoms with Gasteiger partial charge in [-0.25, -0.2) is 9.67 Å². The predicted molar refractivity (Wildman–Crippen MR) is 88.3 cm³/mol. The van der Waals surface area contributed by atoms with Crippen LogP contribution in [0, 0.1) is 0 Å². The molecule has 3 rings (SSSR count). The number of carbonyl (C=O) groups excluding carboxylic acids is 1. The normalized spacial score (nSPS) is 10.5. The van der Waals surface area contributed by atoms with Crippen LogP contribution >= 0.6 is 11.8 Å². The average molecular weight is 326 g/mol. The number of ether oxygens (including phenoxy) is 1. The lowest BCUT2D eigenvalue weighted by Crippen LogP contribution is -2.01. The Labute approximate surface area is 137 Å². The second-order valence-electron chi connectivity index (χ2n) is 4.62. The molecule has 0 bridgehead atoms. The number of hydrogen-bond acceptors (Lipinski definition) is 6. The van der Waals surface area contributed by atoms with Crippen LogP contribution in [0.1, 0.15) is 10.5 Å². The molecule has 0 amide bonds. The summed E-state index contributed by atoms with van der Waals surface area (Å²) in [4.78, 5) is 20.8. The van der Waals surface area contributed by atoms with E-state index in [1.807, 2.05) is 24.5 Å². The zero-order valence-electron chi connectivity index (χ0n) is 12.6. The van der Waals surface area contributed by atoms with Gasteiger partial charge in [-0.15, -0.1) is 11.8 Å². The first kappa shape index (κ1) is 15.2. The Bertz CT molecular complexity index is 830. The highest BCUT2D eigenvalue weighted by Crippen LogP contribution is 2.25.